The van der Waals surface area contributed by atoms with Crippen molar-refractivity contribution < 1.29 is 9.53 Å². The van der Waals surface area contributed by atoms with Crippen LogP contribution in [0.2, 0.25) is 0 Å². The Morgan fingerprint density at radius 1 is 1.29 bits per heavy atom. The molecule has 0 saturated carbocycles. The second-order valence-electron chi connectivity index (χ2n) is 7.01. The second-order valence-corrected chi connectivity index (χ2v) is 8.93. The predicted octanol–water partition coefficient (Wildman–Crippen LogP) is 3.38. The van der Waals surface area contributed by atoms with E-state index in [9.17, 15) is 9.59 Å². The van der Waals surface area contributed by atoms with E-state index < -0.39 is 0 Å². The number of rotatable bonds is 8. The lowest BCUT2D eigenvalue weighted by Crippen LogP contribution is -2.23. The van der Waals surface area contributed by atoms with Crippen molar-refractivity contribution in [2.45, 2.75) is 24.5 Å². The van der Waals surface area contributed by atoms with Crippen molar-refractivity contribution in [1.82, 2.24) is 14.5 Å². The SMILES string of the molecule is C=CCn1c(SCC(=O)Nc2ccc(OC)cc2)nc2nc(N3CCCC3)sc2c1=O. The molecule has 3 aromatic rings. The Bertz CT molecular complexity index is 1150. The smallest absolute Gasteiger partial charge is 0.274 e. The van der Waals surface area contributed by atoms with Crippen LogP contribution in [0, 0.1) is 0 Å². The molecule has 10 heteroatoms. The summed E-state index contributed by atoms with van der Waals surface area (Å²) in [5.41, 5.74) is 0.967. The van der Waals surface area contributed by atoms with Gasteiger partial charge < -0.3 is 15.0 Å². The highest BCUT2D eigenvalue weighted by atomic mass is 32.2. The van der Waals surface area contributed by atoms with E-state index in [1.54, 1.807) is 42.0 Å². The number of nitrogens with zero attached hydrogens (tertiary/aromatic N) is 4. The van der Waals surface area contributed by atoms with Gasteiger partial charge in [-0.15, -0.1) is 6.58 Å². The number of thiazole rings is 1. The Labute approximate surface area is 188 Å². The van der Waals surface area contributed by atoms with Crippen molar-refractivity contribution in [3.05, 3.63) is 47.3 Å². The number of nitrogens with one attached hydrogen (secondary N) is 1. The van der Waals surface area contributed by atoms with Crippen molar-refractivity contribution in [2.75, 3.05) is 36.2 Å². The fraction of sp³-hybridized carbons (Fsp3) is 0.333. The Hall–Kier alpha value is -2.85. The minimum Gasteiger partial charge on any atom is -0.497 e. The Morgan fingerprint density at radius 3 is 2.71 bits per heavy atom. The number of hydrogen-bond donors (Lipinski definition) is 1. The van der Waals surface area contributed by atoms with E-state index in [4.69, 9.17) is 4.74 Å². The molecule has 0 bridgehead atoms. The number of carbonyl (C=O) groups excluding carboxylic acids is 1. The van der Waals surface area contributed by atoms with Crippen LogP contribution in [-0.4, -0.2) is 46.4 Å². The third kappa shape index (κ3) is 4.75. The monoisotopic (exact) mass is 457 g/mol. The summed E-state index contributed by atoms with van der Waals surface area (Å²) in [7, 11) is 1.59. The molecule has 1 N–H and O–H groups in total. The fourth-order valence-electron chi connectivity index (χ4n) is 3.32. The summed E-state index contributed by atoms with van der Waals surface area (Å²) in [5, 5.41) is 4.13. The molecule has 8 nitrogen and oxygen atoms in total. The maximum atomic E-state index is 13.1. The van der Waals surface area contributed by atoms with Gasteiger partial charge in [-0.05, 0) is 37.1 Å². The summed E-state index contributed by atoms with van der Waals surface area (Å²) in [5.74, 6) is 0.644. The first-order valence-electron chi connectivity index (χ1n) is 9.93. The number of benzene rings is 1. The highest BCUT2D eigenvalue weighted by Crippen LogP contribution is 2.29. The second kappa shape index (κ2) is 9.52. The molecule has 1 aliphatic rings. The highest BCUT2D eigenvalue weighted by Gasteiger charge is 2.21. The number of allylic oxidation sites excluding steroid dienone is 1. The van der Waals surface area contributed by atoms with E-state index >= 15 is 0 Å². The average Bonchev–Trinajstić information content (AvgIpc) is 3.45. The van der Waals surface area contributed by atoms with E-state index in [-0.39, 0.29) is 17.2 Å². The molecule has 3 heterocycles. The summed E-state index contributed by atoms with van der Waals surface area (Å²) in [6.07, 6.45) is 3.92. The van der Waals surface area contributed by atoms with Crippen LogP contribution in [0.5, 0.6) is 5.75 Å². The molecule has 1 saturated heterocycles. The molecule has 4 rings (SSSR count). The molecule has 31 heavy (non-hydrogen) atoms. The molecule has 0 spiro atoms. The zero-order valence-electron chi connectivity index (χ0n) is 17.2. The standard InChI is InChI=1S/C21H23N5O3S2/c1-3-10-26-19(28)17-18(23-20(31-17)25-11-4-5-12-25)24-21(26)30-13-16(27)22-14-6-8-15(29-2)9-7-14/h3,6-9H,1,4-5,10-13H2,2H3,(H,22,27). The van der Waals surface area contributed by atoms with Crippen LogP contribution in [0.3, 0.4) is 0 Å². The Balaban J connectivity index is 1.53. The van der Waals surface area contributed by atoms with Crippen molar-refractivity contribution in [3.63, 3.8) is 0 Å². The minimum absolute atomic E-state index is 0.115. The summed E-state index contributed by atoms with van der Waals surface area (Å²) < 4.78 is 7.21. The molecule has 0 atom stereocenters. The van der Waals surface area contributed by atoms with Gasteiger partial charge in [-0.1, -0.05) is 29.2 Å². The number of hydrogen-bond acceptors (Lipinski definition) is 8. The van der Waals surface area contributed by atoms with E-state index in [2.05, 4.69) is 26.8 Å². The van der Waals surface area contributed by atoms with Crippen molar-refractivity contribution in [2.24, 2.45) is 0 Å². The summed E-state index contributed by atoms with van der Waals surface area (Å²) in [6, 6.07) is 7.10. The van der Waals surface area contributed by atoms with E-state index in [0.29, 0.717) is 27.7 Å². The van der Waals surface area contributed by atoms with Gasteiger partial charge in [0.15, 0.2) is 15.9 Å². The number of methoxy groups -OCH3 is 1. The number of ether oxygens (including phenoxy) is 1. The third-order valence-corrected chi connectivity index (χ3v) is 6.93. The largest absolute Gasteiger partial charge is 0.497 e. The molecule has 0 radical (unpaired) electrons. The Kier molecular flexibility index (Phi) is 6.57. The maximum absolute atomic E-state index is 13.1. The van der Waals surface area contributed by atoms with Crippen molar-refractivity contribution in [3.8, 4) is 5.75 Å². The lowest BCUT2D eigenvalue weighted by atomic mass is 10.3. The number of carbonyl (C=O) groups is 1. The van der Waals surface area contributed by atoms with Gasteiger partial charge in [0.25, 0.3) is 5.56 Å². The first kappa shape index (κ1) is 21.4. The molecule has 162 valence electrons. The van der Waals surface area contributed by atoms with Crippen molar-refractivity contribution >= 4 is 50.2 Å². The average molecular weight is 458 g/mol. The maximum Gasteiger partial charge on any atom is 0.274 e. The fourth-order valence-corrected chi connectivity index (χ4v) is 5.13. The summed E-state index contributed by atoms with van der Waals surface area (Å²) in [4.78, 5) is 36.9. The minimum atomic E-state index is -0.189. The van der Waals surface area contributed by atoms with Crippen LogP contribution in [0.25, 0.3) is 10.3 Å². The zero-order chi connectivity index (χ0) is 21.8. The number of thioether (sulfide) groups is 1. The number of anilines is 2. The van der Waals surface area contributed by atoms with Crippen LogP contribution in [0.15, 0.2) is 46.9 Å². The molecule has 0 aliphatic carbocycles. The highest BCUT2D eigenvalue weighted by molar-refractivity contribution is 7.99. The molecule has 1 amide bonds. The number of amides is 1. The van der Waals surface area contributed by atoms with Gasteiger partial charge in [0.2, 0.25) is 5.91 Å². The number of fused-ring (bicyclic) bond motifs is 1. The first-order chi connectivity index (χ1) is 15.1. The predicted molar refractivity (Wildman–Crippen MR) is 126 cm³/mol. The molecule has 1 fully saturated rings. The van der Waals surface area contributed by atoms with Gasteiger partial charge in [-0.3, -0.25) is 14.2 Å². The van der Waals surface area contributed by atoms with Gasteiger partial charge in [-0.2, -0.15) is 4.98 Å². The molecule has 1 aromatic carbocycles. The van der Waals surface area contributed by atoms with Crippen LogP contribution in [0.4, 0.5) is 10.8 Å². The van der Waals surface area contributed by atoms with E-state index in [1.807, 2.05) is 0 Å². The lowest BCUT2D eigenvalue weighted by Gasteiger charge is -2.11. The topological polar surface area (TPSA) is 89.3 Å². The normalized spacial score (nSPS) is 13.5. The van der Waals surface area contributed by atoms with Crippen LogP contribution in [-0.2, 0) is 11.3 Å². The van der Waals surface area contributed by atoms with Gasteiger partial charge >= 0.3 is 0 Å². The molecular formula is C21H23N5O3S2. The molecule has 0 unspecified atom stereocenters. The van der Waals surface area contributed by atoms with Gasteiger partial charge in [0.05, 0.1) is 12.9 Å². The summed E-state index contributed by atoms with van der Waals surface area (Å²) in [6.45, 7) is 5.97. The first-order valence-corrected chi connectivity index (χ1v) is 11.7. The van der Waals surface area contributed by atoms with Crippen LogP contribution < -0.4 is 20.5 Å². The molecular weight excluding hydrogens is 434 g/mol. The van der Waals surface area contributed by atoms with E-state index in [1.165, 1.54) is 23.1 Å². The molecule has 2 aromatic heterocycles. The quantitative estimate of drug-likeness (QED) is 0.315. The summed E-state index contributed by atoms with van der Waals surface area (Å²) >= 11 is 2.60. The van der Waals surface area contributed by atoms with Crippen LogP contribution in [0.1, 0.15) is 12.8 Å². The van der Waals surface area contributed by atoms with Crippen LogP contribution >= 0.6 is 23.1 Å². The van der Waals surface area contributed by atoms with Gasteiger partial charge in [-0.25, -0.2) is 4.98 Å². The lowest BCUT2D eigenvalue weighted by molar-refractivity contribution is -0.113. The van der Waals surface area contributed by atoms with Gasteiger partial charge in [0.1, 0.15) is 10.4 Å². The van der Waals surface area contributed by atoms with E-state index in [0.717, 1.165) is 36.8 Å². The third-order valence-electron chi connectivity index (χ3n) is 4.86. The number of aromatic nitrogens is 3. The van der Waals surface area contributed by atoms with Gasteiger partial charge in [0, 0.05) is 25.3 Å². The Morgan fingerprint density at radius 2 is 2.03 bits per heavy atom. The zero-order valence-corrected chi connectivity index (χ0v) is 18.8. The molecule has 1 aliphatic heterocycles. The van der Waals surface area contributed by atoms with Crippen molar-refractivity contribution in [1.29, 1.82) is 0 Å².